The van der Waals surface area contributed by atoms with Gasteiger partial charge in [0.15, 0.2) is 0 Å². The second-order valence-corrected chi connectivity index (χ2v) is 9.10. The van der Waals surface area contributed by atoms with Crippen molar-refractivity contribution in [1.29, 1.82) is 0 Å². The molecule has 1 N–H and O–H groups in total. The maximum atomic E-state index is 10.9. The van der Waals surface area contributed by atoms with Crippen LogP contribution < -0.4 is 0 Å². The van der Waals surface area contributed by atoms with Crippen LogP contribution in [0.4, 0.5) is 0 Å². The zero-order chi connectivity index (χ0) is 17.7. The van der Waals surface area contributed by atoms with Crippen molar-refractivity contribution >= 4 is 5.97 Å². The molecule has 130 valence electrons. The Balaban J connectivity index is 2.02. The van der Waals surface area contributed by atoms with E-state index in [-0.39, 0.29) is 10.8 Å². The fraction of sp³-hybridized carbons (Fsp3) is 0.591. The van der Waals surface area contributed by atoms with Crippen molar-refractivity contribution in [1.82, 2.24) is 0 Å². The Bertz CT molecular complexity index is 707. The predicted octanol–water partition coefficient (Wildman–Crippen LogP) is 5.62. The van der Waals surface area contributed by atoms with Crippen molar-refractivity contribution in [2.75, 3.05) is 0 Å². The van der Waals surface area contributed by atoms with Gasteiger partial charge in [-0.15, -0.1) is 0 Å². The zero-order valence-corrected chi connectivity index (χ0v) is 15.7. The number of benzene rings is 1. The maximum absolute atomic E-state index is 10.9. The molecule has 24 heavy (non-hydrogen) atoms. The summed E-state index contributed by atoms with van der Waals surface area (Å²) in [6.07, 6.45) is 6.77. The number of aliphatic carboxylic acids is 1. The van der Waals surface area contributed by atoms with Gasteiger partial charge >= 0.3 is 5.97 Å². The number of rotatable bonds is 2. The van der Waals surface area contributed by atoms with E-state index in [1.54, 1.807) is 0 Å². The molecule has 1 saturated carbocycles. The highest BCUT2D eigenvalue weighted by Crippen LogP contribution is 2.48. The molecule has 1 fully saturated rings. The molecular formula is C22H30O2. The molecule has 0 heterocycles. The number of aryl methyl sites for hydroxylation is 1. The van der Waals surface area contributed by atoms with E-state index in [4.69, 9.17) is 5.11 Å². The third-order valence-corrected chi connectivity index (χ3v) is 6.33. The van der Waals surface area contributed by atoms with Crippen LogP contribution >= 0.6 is 0 Å². The summed E-state index contributed by atoms with van der Waals surface area (Å²) in [6, 6.07) is 4.88. The standard InChI is InChI=1S/C22H30O2/c1-14-10-18-19(22(4,5)9-8-21(18,2)3)13-17(14)16-7-6-15(11-16)12-20(23)24/h10,12-13,16H,6-9,11H2,1-5H3,(H,23,24). The van der Waals surface area contributed by atoms with Gasteiger partial charge in [0.1, 0.15) is 0 Å². The van der Waals surface area contributed by atoms with E-state index in [2.05, 4.69) is 46.8 Å². The van der Waals surface area contributed by atoms with Crippen LogP contribution in [0.5, 0.6) is 0 Å². The van der Waals surface area contributed by atoms with Crippen LogP contribution in [0.3, 0.4) is 0 Å². The highest BCUT2D eigenvalue weighted by atomic mass is 16.4. The SMILES string of the molecule is Cc1cc2c(cc1C1CCC(=CC(=O)O)C1)C(C)(C)CCC2(C)C. The van der Waals surface area contributed by atoms with Crippen LogP contribution in [0.25, 0.3) is 0 Å². The Hall–Kier alpha value is -1.57. The quantitative estimate of drug-likeness (QED) is 0.716. The number of hydrogen-bond donors (Lipinski definition) is 1. The Morgan fingerprint density at radius 3 is 2.29 bits per heavy atom. The van der Waals surface area contributed by atoms with Crippen molar-refractivity contribution < 1.29 is 9.90 Å². The first-order valence-electron chi connectivity index (χ1n) is 9.18. The number of fused-ring (bicyclic) bond motifs is 1. The van der Waals surface area contributed by atoms with Gasteiger partial charge in [-0.2, -0.15) is 0 Å². The summed E-state index contributed by atoms with van der Waals surface area (Å²) >= 11 is 0. The van der Waals surface area contributed by atoms with Crippen molar-refractivity contribution in [2.24, 2.45) is 0 Å². The fourth-order valence-corrected chi connectivity index (χ4v) is 4.63. The lowest BCUT2D eigenvalue weighted by Crippen LogP contribution is -2.34. The number of allylic oxidation sites excluding steroid dienone is 1. The smallest absolute Gasteiger partial charge is 0.328 e. The summed E-state index contributed by atoms with van der Waals surface area (Å²) in [5.41, 5.74) is 7.40. The normalized spacial score (nSPS) is 26.4. The van der Waals surface area contributed by atoms with Gasteiger partial charge in [-0.05, 0) is 78.0 Å². The molecule has 2 aliphatic carbocycles. The Kier molecular flexibility index (Phi) is 4.14. The Morgan fingerprint density at radius 2 is 1.71 bits per heavy atom. The molecule has 1 atom stereocenters. The van der Waals surface area contributed by atoms with E-state index in [0.717, 1.165) is 24.8 Å². The van der Waals surface area contributed by atoms with Gasteiger partial charge in [0.25, 0.3) is 0 Å². The van der Waals surface area contributed by atoms with Gasteiger partial charge in [-0.1, -0.05) is 45.4 Å². The van der Waals surface area contributed by atoms with Crippen LogP contribution in [0.15, 0.2) is 23.8 Å². The van der Waals surface area contributed by atoms with E-state index in [1.165, 1.54) is 41.2 Å². The molecule has 2 heteroatoms. The lowest BCUT2D eigenvalue weighted by atomic mass is 9.62. The first kappa shape index (κ1) is 17.3. The number of hydrogen-bond acceptors (Lipinski definition) is 1. The third kappa shape index (κ3) is 3.03. The minimum Gasteiger partial charge on any atom is -0.478 e. The summed E-state index contributed by atoms with van der Waals surface area (Å²) < 4.78 is 0. The average Bonchev–Trinajstić information content (AvgIpc) is 2.91. The number of carbonyl (C=O) groups is 1. The second-order valence-electron chi connectivity index (χ2n) is 9.10. The first-order chi connectivity index (χ1) is 11.1. The summed E-state index contributed by atoms with van der Waals surface area (Å²) in [5, 5.41) is 8.99. The van der Waals surface area contributed by atoms with E-state index in [9.17, 15) is 4.79 Å². The predicted molar refractivity (Wildman–Crippen MR) is 98.8 cm³/mol. The van der Waals surface area contributed by atoms with Gasteiger partial charge in [0.05, 0.1) is 0 Å². The molecule has 3 rings (SSSR count). The molecule has 1 unspecified atom stereocenters. The minimum atomic E-state index is -0.810. The summed E-state index contributed by atoms with van der Waals surface area (Å²) in [7, 11) is 0. The molecule has 0 aromatic heterocycles. The van der Waals surface area contributed by atoms with Crippen molar-refractivity contribution in [3.63, 3.8) is 0 Å². The topological polar surface area (TPSA) is 37.3 Å². The molecule has 2 nitrogen and oxygen atoms in total. The summed E-state index contributed by atoms with van der Waals surface area (Å²) in [6.45, 7) is 11.7. The van der Waals surface area contributed by atoms with Crippen LogP contribution in [-0.2, 0) is 15.6 Å². The number of carboxylic acid groups (broad SMARTS) is 1. The molecule has 0 saturated heterocycles. The van der Waals surface area contributed by atoms with E-state index < -0.39 is 5.97 Å². The lowest BCUT2D eigenvalue weighted by molar-refractivity contribution is -0.131. The molecule has 1 aromatic carbocycles. The minimum absolute atomic E-state index is 0.228. The molecular weight excluding hydrogens is 296 g/mol. The molecule has 0 bridgehead atoms. The van der Waals surface area contributed by atoms with Gasteiger partial charge in [0, 0.05) is 6.08 Å². The van der Waals surface area contributed by atoms with Gasteiger partial charge in [-0.25, -0.2) is 4.79 Å². The van der Waals surface area contributed by atoms with Gasteiger partial charge in [-0.3, -0.25) is 0 Å². The van der Waals surface area contributed by atoms with Gasteiger partial charge in [0.2, 0.25) is 0 Å². The Labute approximate surface area is 146 Å². The molecule has 0 spiro atoms. The zero-order valence-electron chi connectivity index (χ0n) is 15.7. The summed E-state index contributed by atoms with van der Waals surface area (Å²) in [5.74, 6) is -0.336. The average molecular weight is 326 g/mol. The highest BCUT2D eigenvalue weighted by Gasteiger charge is 2.38. The Morgan fingerprint density at radius 1 is 1.12 bits per heavy atom. The lowest BCUT2D eigenvalue weighted by Gasteiger charge is -2.42. The van der Waals surface area contributed by atoms with Crippen molar-refractivity contribution in [2.45, 2.75) is 83.5 Å². The van der Waals surface area contributed by atoms with Crippen LogP contribution in [-0.4, -0.2) is 11.1 Å². The third-order valence-electron chi connectivity index (χ3n) is 6.33. The summed E-state index contributed by atoms with van der Waals surface area (Å²) in [4.78, 5) is 10.9. The first-order valence-corrected chi connectivity index (χ1v) is 9.18. The monoisotopic (exact) mass is 326 g/mol. The van der Waals surface area contributed by atoms with Crippen molar-refractivity contribution in [3.8, 4) is 0 Å². The molecule has 0 radical (unpaired) electrons. The molecule has 2 aliphatic rings. The fourth-order valence-electron chi connectivity index (χ4n) is 4.63. The van der Waals surface area contributed by atoms with Gasteiger partial charge < -0.3 is 5.11 Å². The highest BCUT2D eigenvalue weighted by molar-refractivity contribution is 5.80. The van der Waals surface area contributed by atoms with Crippen LogP contribution in [0.2, 0.25) is 0 Å². The van der Waals surface area contributed by atoms with E-state index >= 15 is 0 Å². The van der Waals surface area contributed by atoms with Crippen molar-refractivity contribution in [3.05, 3.63) is 46.0 Å². The molecule has 1 aromatic rings. The van der Waals surface area contributed by atoms with Crippen LogP contribution in [0, 0.1) is 6.92 Å². The molecule has 0 aliphatic heterocycles. The maximum Gasteiger partial charge on any atom is 0.328 e. The molecule has 0 amide bonds. The number of carboxylic acids is 1. The largest absolute Gasteiger partial charge is 0.478 e. The van der Waals surface area contributed by atoms with Crippen LogP contribution in [0.1, 0.15) is 88.0 Å². The van der Waals surface area contributed by atoms with E-state index in [0.29, 0.717) is 5.92 Å². The van der Waals surface area contributed by atoms with E-state index in [1.807, 2.05) is 0 Å². The second kappa shape index (κ2) is 5.75.